The molecule has 2 nitrogen and oxygen atoms in total. The summed E-state index contributed by atoms with van der Waals surface area (Å²) >= 11 is 1.53. The number of thiophene rings is 1. The van der Waals surface area contributed by atoms with Crippen LogP contribution in [-0.4, -0.2) is 6.29 Å². The average Bonchev–Trinajstić information content (AvgIpc) is 2.52. The fourth-order valence-corrected chi connectivity index (χ4v) is 1.25. The molecule has 0 atom stereocenters. The molecule has 11 heavy (non-hydrogen) atoms. The van der Waals surface area contributed by atoms with E-state index in [0.29, 0.717) is 6.29 Å². The molecule has 0 bridgehead atoms. The van der Waals surface area contributed by atoms with Gasteiger partial charge in [0, 0.05) is 0 Å². The number of allylic oxidation sites excluding steroid dienone is 1. The SMILES string of the molecule is N#C/C(C=O)=C/c1ccsc1. The van der Waals surface area contributed by atoms with Crippen LogP contribution in [0.25, 0.3) is 6.08 Å². The molecule has 0 aliphatic heterocycles. The molecule has 3 heteroatoms. The van der Waals surface area contributed by atoms with Crippen LogP contribution >= 0.6 is 11.3 Å². The lowest BCUT2D eigenvalue weighted by atomic mass is 10.2. The summed E-state index contributed by atoms with van der Waals surface area (Å²) in [7, 11) is 0. The maximum atomic E-state index is 10.2. The van der Waals surface area contributed by atoms with Gasteiger partial charge in [0.2, 0.25) is 0 Å². The van der Waals surface area contributed by atoms with Crippen LogP contribution in [0, 0.1) is 11.3 Å². The minimum atomic E-state index is 0.156. The van der Waals surface area contributed by atoms with Gasteiger partial charge >= 0.3 is 0 Å². The van der Waals surface area contributed by atoms with Crippen molar-refractivity contribution in [3.8, 4) is 6.07 Å². The van der Waals surface area contributed by atoms with E-state index in [1.807, 2.05) is 16.8 Å². The second kappa shape index (κ2) is 3.69. The molecule has 1 heterocycles. The van der Waals surface area contributed by atoms with Crippen LogP contribution in [0.5, 0.6) is 0 Å². The zero-order chi connectivity index (χ0) is 8.10. The Balaban J connectivity index is 2.90. The molecule has 0 saturated heterocycles. The van der Waals surface area contributed by atoms with E-state index in [1.165, 1.54) is 11.3 Å². The van der Waals surface area contributed by atoms with Gasteiger partial charge < -0.3 is 0 Å². The van der Waals surface area contributed by atoms with Gasteiger partial charge in [-0.25, -0.2) is 0 Å². The monoisotopic (exact) mass is 163 g/mol. The van der Waals surface area contributed by atoms with Crippen molar-refractivity contribution in [1.29, 1.82) is 5.26 Å². The van der Waals surface area contributed by atoms with E-state index >= 15 is 0 Å². The van der Waals surface area contributed by atoms with Gasteiger partial charge in [-0.1, -0.05) is 0 Å². The molecular formula is C8H5NOS. The van der Waals surface area contributed by atoms with Crippen LogP contribution in [-0.2, 0) is 4.79 Å². The largest absolute Gasteiger partial charge is 0.297 e. The van der Waals surface area contributed by atoms with Crippen molar-refractivity contribution >= 4 is 23.7 Å². The number of carbonyl (C=O) groups is 1. The summed E-state index contributed by atoms with van der Waals surface area (Å²) in [6.45, 7) is 0. The Morgan fingerprint density at radius 2 is 2.55 bits per heavy atom. The number of nitriles is 1. The van der Waals surface area contributed by atoms with Crippen molar-refractivity contribution in [2.24, 2.45) is 0 Å². The van der Waals surface area contributed by atoms with E-state index in [0.717, 1.165) is 5.56 Å². The molecule has 0 aromatic carbocycles. The van der Waals surface area contributed by atoms with Crippen molar-refractivity contribution < 1.29 is 4.79 Å². The lowest BCUT2D eigenvalue weighted by molar-refractivity contribution is -0.104. The van der Waals surface area contributed by atoms with E-state index in [2.05, 4.69) is 0 Å². The van der Waals surface area contributed by atoms with Crippen LogP contribution in [0.15, 0.2) is 22.4 Å². The van der Waals surface area contributed by atoms with Gasteiger partial charge in [-0.05, 0) is 28.5 Å². The number of aldehydes is 1. The minimum Gasteiger partial charge on any atom is -0.297 e. The van der Waals surface area contributed by atoms with Crippen molar-refractivity contribution in [1.82, 2.24) is 0 Å². The number of nitrogens with zero attached hydrogens (tertiary/aromatic N) is 1. The molecule has 1 aromatic rings. The molecule has 0 N–H and O–H groups in total. The predicted molar refractivity (Wildman–Crippen MR) is 44.0 cm³/mol. The third-order valence-electron chi connectivity index (χ3n) is 1.12. The smallest absolute Gasteiger partial charge is 0.160 e. The second-order valence-electron chi connectivity index (χ2n) is 1.89. The van der Waals surface area contributed by atoms with Gasteiger partial charge in [-0.3, -0.25) is 4.79 Å². The van der Waals surface area contributed by atoms with Crippen molar-refractivity contribution in [3.63, 3.8) is 0 Å². The third kappa shape index (κ3) is 2.03. The fourth-order valence-electron chi connectivity index (χ4n) is 0.629. The highest BCUT2D eigenvalue weighted by Gasteiger charge is 1.92. The molecule has 0 spiro atoms. The Morgan fingerprint density at radius 1 is 1.73 bits per heavy atom. The van der Waals surface area contributed by atoms with E-state index in [9.17, 15) is 4.79 Å². The highest BCUT2D eigenvalue weighted by Crippen LogP contribution is 2.09. The summed E-state index contributed by atoms with van der Waals surface area (Å²) < 4.78 is 0. The summed E-state index contributed by atoms with van der Waals surface area (Å²) in [6.07, 6.45) is 2.11. The van der Waals surface area contributed by atoms with Crippen molar-refractivity contribution in [2.75, 3.05) is 0 Å². The molecule has 54 valence electrons. The first-order valence-electron chi connectivity index (χ1n) is 2.96. The van der Waals surface area contributed by atoms with E-state index < -0.39 is 0 Å². The molecule has 0 aliphatic rings. The van der Waals surface area contributed by atoms with Crippen LogP contribution in [0.2, 0.25) is 0 Å². The van der Waals surface area contributed by atoms with Crippen LogP contribution < -0.4 is 0 Å². The Labute approximate surface area is 68.4 Å². The fraction of sp³-hybridized carbons (Fsp3) is 0. The average molecular weight is 163 g/mol. The molecule has 0 fully saturated rings. The lowest BCUT2D eigenvalue weighted by Crippen LogP contribution is -1.77. The Morgan fingerprint density at radius 3 is 3.00 bits per heavy atom. The highest BCUT2D eigenvalue weighted by atomic mass is 32.1. The van der Waals surface area contributed by atoms with Crippen LogP contribution in [0.4, 0.5) is 0 Å². The van der Waals surface area contributed by atoms with Gasteiger partial charge in [0.1, 0.15) is 6.07 Å². The maximum absolute atomic E-state index is 10.2. The summed E-state index contributed by atoms with van der Waals surface area (Å²) in [5, 5.41) is 12.1. The van der Waals surface area contributed by atoms with Crippen LogP contribution in [0.1, 0.15) is 5.56 Å². The number of carbonyl (C=O) groups excluding carboxylic acids is 1. The Bertz CT molecular complexity index is 305. The molecule has 1 rings (SSSR count). The van der Waals surface area contributed by atoms with Crippen molar-refractivity contribution in [3.05, 3.63) is 28.0 Å². The standard InChI is InChI=1S/C8H5NOS/c9-4-8(5-10)3-7-1-2-11-6-7/h1-3,5-6H/b8-3-. The molecule has 1 aromatic heterocycles. The first-order valence-corrected chi connectivity index (χ1v) is 3.90. The van der Waals surface area contributed by atoms with Gasteiger partial charge in [0.25, 0.3) is 0 Å². The normalized spacial score (nSPS) is 10.6. The zero-order valence-electron chi connectivity index (χ0n) is 5.65. The summed E-state index contributed by atoms with van der Waals surface area (Å²) in [4.78, 5) is 10.2. The molecule has 0 saturated carbocycles. The first-order chi connectivity index (χ1) is 5.36. The van der Waals surface area contributed by atoms with Gasteiger partial charge in [0.05, 0.1) is 5.57 Å². The van der Waals surface area contributed by atoms with Gasteiger partial charge in [-0.15, -0.1) is 0 Å². The lowest BCUT2D eigenvalue weighted by Gasteiger charge is -1.81. The Kier molecular flexibility index (Phi) is 2.59. The van der Waals surface area contributed by atoms with Crippen LogP contribution in [0.3, 0.4) is 0 Å². The molecule has 0 radical (unpaired) electrons. The quantitative estimate of drug-likeness (QED) is 0.379. The Hall–Kier alpha value is -1.40. The molecular weight excluding hydrogens is 158 g/mol. The number of hydrogen-bond acceptors (Lipinski definition) is 3. The van der Waals surface area contributed by atoms with Gasteiger partial charge in [0.15, 0.2) is 6.29 Å². The topological polar surface area (TPSA) is 40.9 Å². The zero-order valence-corrected chi connectivity index (χ0v) is 6.47. The van der Waals surface area contributed by atoms with Gasteiger partial charge in [-0.2, -0.15) is 16.6 Å². The molecule has 0 amide bonds. The van der Waals surface area contributed by atoms with E-state index in [4.69, 9.17) is 5.26 Å². The first kappa shape index (κ1) is 7.70. The molecule has 0 unspecified atom stereocenters. The highest BCUT2D eigenvalue weighted by molar-refractivity contribution is 7.08. The van der Waals surface area contributed by atoms with E-state index in [-0.39, 0.29) is 5.57 Å². The number of hydrogen-bond donors (Lipinski definition) is 0. The van der Waals surface area contributed by atoms with Crippen molar-refractivity contribution in [2.45, 2.75) is 0 Å². The third-order valence-corrected chi connectivity index (χ3v) is 1.82. The minimum absolute atomic E-state index is 0.156. The number of rotatable bonds is 2. The molecule has 0 aliphatic carbocycles. The maximum Gasteiger partial charge on any atom is 0.160 e. The summed E-state index contributed by atoms with van der Waals surface area (Å²) in [5.74, 6) is 0. The van der Waals surface area contributed by atoms with E-state index in [1.54, 1.807) is 12.1 Å². The summed E-state index contributed by atoms with van der Waals surface area (Å²) in [6, 6.07) is 3.64. The predicted octanol–water partition coefficient (Wildman–Crippen LogP) is 1.85. The summed E-state index contributed by atoms with van der Waals surface area (Å²) in [5.41, 5.74) is 1.06. The second-order valence-corrected chi connectivity index (χ2v) is 2.67.